The van der Waals surface area contributed by atoms with Gasteiger partial charge < -0.3 is 19.9 Å². The standard InChI is InChI=1S/C41H44N4O3/c1-41(2)26-34-38(36(46)27-41)40(31-18-20-32(48-3)21-19-31)45(35-17-11-10-16-33(35)42-34)28-37(47)43-22-24-44(25-23-43)39(29-12-6-4-7-13-29)30-14-8-5-9-15-30/h4-21,39-40,42H,22-28H2,1-3H3. The van der Waals surface area contributed by atoms with Gasteiger partial charge in [-0.05, 0) is 52.8 Å². The summed E-state index contributed by atoms with van der Waals surface area (Å²) < 4.78 is 5.48. The van der Waals surface area contributed by atoms with Crippen molar-refractivity contribution < 1.29 is 14.3 Å². The number of amides is 1. The molecule has 4 aromatic carbocycles. The Hall–Kier alpha value is -4.88. The van der Waals surface area contributed by atoms with E-state index in [0.29, 0.717) is 19.5 Å². The van der Waals surface area contributed by atoms with E-state index in [4.69, 9.17) is 4.74 Å². The second-order valence-electron chi connectivity index (χ2n) is 13.9. The zero-order valence-electron chi connectivity index (χ0n) is 28.1. The molecule has 7 rings (SSSR count). The van der Waals surface area contributed by atoms with Crippen LogP contribution in [0.2, 0.25) is 0 Å². The molecule has 0 spiro atoms. The van der Waals surface area contributed by atoms with Gasteiger partial charge in [-0.3, -0.25) is 14.5 Å². The second kappa shape index (κ2) is 13.3. The van der Waals surface area contributed by atoms with Crippen LogP contribution in [0, 0.1) is 5.41 Å². The summed E-state index contributed by atoms with van der Waals surface area (Å²) in [5.74, 6) is 0.939. The lowest BCUT2D eigenvalue weighted by Gasteiger charge is -2.41. The molecule has 246 valence electrons. The van der Waals surface area contributed by atoms with Gasteiger partial charge in [-0.25, -0.2) is 0 Å². The normalized spacial score (nSPS) is 19.3. The number of para-hydroxylation sites is 2. The number of carbonyl (C=O) groups excluding carboxylic acids is 2. The summed E-state index contributed by atoms with van der Waals surface area (Å²) in [5, 5.41) is 3.66. The minimum atomic E-state index is -0.420. The lowest BCUT2D eigenvalue weighted by atomic mass is 9.73. The number of benzene rings is 4. The zero-order chi connectivity index (χ0) is 33.3. The van der Waals surface area contributed by atoms with E-state index in [1.807, 2.05) is 47.4 Å². The number of hydrogen-bond donors (Lipinski definition) is 1. The van der Waals surface area contributed by atoms with Gasteiger partial charge in [-0.1, -0.05) is 98.8 Å². The molecule has 1 unspecified atom stereocenters. The average molecular weight is 641 g/mol. The van der Waals surface area contributed by atoms with Gasteiger partial charge in [0.25, 0.3) is 0 Å². The third-order valence-electron chi connectivity index (χ3n) is 10.0. The molecule has 1 N–H and O–H groups in total. The summed E-state index contributed by atoms with van der Waals surface area (Å²) in [6.07, 6.45) is 1.22. The van der Waals surface area contributed by atoms with Gasteiger partial charge in [0.15, 0.2) is 5.78 Å². The first-order chi connectivity index (χ1) is 23.3. The Labute approximate surface area is 283 Å². The number of rotatable bonds is 7. The van der Waals surface area contributed by atoms with Crippen molar-refractivity contribution in [3.63, 3.8) is 0 Å². The van der Waals surface area contributed by atoms with Crippen molar-refractivity contribution in [2.45, 2.75) is 38.8 Å². The summed E-state index contributed by atoms with van der Waals surface area (Å²) in [6, 6.07) is 37.0. The van der Waals surface area contributed by atoms with Crippen LogP contribution in [-0.2, 0) is 9.59 Å². The average Bonchev–Trinajstić information content (AvgIpc) is 3.23. The zero-order valence-corrected chi connectivity index (χ0v) is 28.1. The first kappa shape index (κ1) is 31.7. The van der Waals surface area contributed by atoms with Crippen molar-refractivity contribution in [1.82, 2.24) is 9.80 Å². The van der Waals surface area contributed by atoms with Gasteiger partial charge in [-0.15, -0.1) is 0 Å². The number of nitrogens with zero attached hydrogens (tertiary/aromatic N) is 3. The Bertz CT molecular complexity index is 1760. The first-order valence-electron chi connectivity index (χ1n) is 17.0. The molecule has 1 aliphatic carbocycles. The summed E-state index contributed by atoms with van der Waals surface area (Å²) >= 11 is 0. The molecule has 0 radical (unpaired) electrons. The number of ketones is 1. The Balaban J connectivity index is 1.19. The van der Waals surface area contributed by atoms with Crippen molar-refractivity contribution in [3.8, 4) is 5.75 Å². The van der Waals surface area contributed by atoms with Gasteiger partial charge in [-0.2, -0.15) is 0 Å². The molecule has 7 nitrogen and oxygen atoms in total. The first-order valence-corrected chi connectivity index (χ1v) is 17.0. The molecular weight excluding hydrogens is 596 g/mol. The number of allylic oxidation sites excluding steroid dienone is 1. The van der Waals surface area contributed by atoms with Gasteiger partial charge >= 0.3 is 0 Å². The fourth-order valence-corrected chi connectivity index (χ4v) is 7.72. The van der Waals surface area contributed by atoms with E-state index in [2.05, 4.69) is 95.7 Å². The van der Waals surface area contributed by atoms with Crippen LogP contribution < -0.4 is 15.0 Å². The molecule has 1 amide bonds. The molecule has 1 saturated heterocycles. The predicted molar refractivity (Wildman–Crippen MR) is 191 cm³/mol. The maximum atomic E-state index is 14.4. The molecule has 7 heteroatoms. The minimum Gasteiger partial charge on any atom is -0.497 e. The Kier molecular flexibility index (Phi) is 8.80. The van der Waals surface area contributed by atoms with E-state index in [0.717, 1.165) is 53.5 Å². The second-order valence-corrected chi connectivity index (χ2v) is 13.9. The van der Waals surface area contributed by atoms with E-state index < -0.39 is 6.04 Å². The van der Waals surface area contributed by atoms with Gasteiger partial charge in [0, 0.05) is 43.9 Å². The molecule has 0 saturated carbocycles. The smallest absolute Gasteiger partial charge is 0.242 e. The number of Topliss-reactive ketones (excluding diaryl/α,β-unsaturated/α-hetero) is 1. The largest absolute Gasteiger partial charge is 0.497 e. The summed E-state index contributed by atoms with van der Waals surface area (Å²) in [5.41, 5.74) is 6.83. The lowest BCUT2D eigenvalue weighted by molar-refractivity contribution is -0.131. The van der Waals surface area contributed by atoms with Gasteiger partial charge in [0.2, 0.25) is 5.91 Å². The monoisotopic (exact) mass is 640 g/mol. The molecule has 4 aromatic rings. The summed E-state index contributed by atoms with van der Waals surface area (Å²) in [6.45, 7) is 7.26. The van der Waals surface area contributed by atoms with Crippen LogP contribution in [0.4, 0.5) is 11.4 Å². The lowest BCUT2D eigenvalue weighted by Crippen LogP contribution is -2.52. The summed E-state index contributed by atoms with van der Waals surface area (Å²) in [4.78, 5) is 35.1. The Morgan fingerprint density at radius 1 is 0.812 bits per heavy atom. The number of anilines is 2. The maximum absolute atomic E-state index is 14.4. The molecule has 3 aliphatic rings. The molecule has 1 fully saturated rings. The maximum Gasteiger partial charge on any atom is 0.242 e. The number of ether oxygens (including phenoxy) is 1. The summed E-state index contributed by atoms with van der Waals surface area (Å²) in [7, 11) is 1.65. The Morgan fingerprint density at radius 3 is 2.04 bits per heavy atom. The molecule has 0 aromatic heterocycles. The van der Waals surface area contributed by atoms with Crippen molar-refractivity contribution in [1.29, 1.82) is 0 Å². The van der Waals surface area contributed by atoms with Crippen molar-refractivity contribution in [2.75, 3.05) is 50.1 Å². The Morgan fingerprint density at radius 2 is 1.42 bits per heavy atom. The topological polar surface area (TPSA) is 65.1 Å². The fraction of sp³-hybridized carbons (Fsp3) is 0.317. The number of piperazine rings is 1. The molecule has 0 bridgehead atoms. The number of carbonyl (C=O) groups is 2. The van der Waals surface area contributed by atoms with E-state index in [9.17, 15) is 9.59 Å². The van der Waals surface area contributed by atoms with Crippen LogP contribution in [0.25, 0.3) is 0 Å². The van der Waals surface area contributed by atoms with E-state index in [-0.39, 0.29) is 29.7 Å². The van der Waals surface area contributed by atoms with Crippen LogP contribution in [0.5, 0.6) is 5.75 Å². The molecule has 2 aliphatic heterocycles. The number of nitrogens with one attached hydrogen (secondary N) is 1. The molecular formula is C41H44N4O3. The third kappa shape index (κ3) is 6.35. The molecule has 1 atom stereocenters. The third-order valence-corrected chi connectivity index (χ3v) is 10.0. The molecule has 2 heterocycles. The number of methoxy groups -OCH3 is 1. The van der Waals surface area contributed by atoms with Crippen molar-refractivity contribution in [3.05, 3.63) is 137 Å². The van der Waals surface area contributed by atoms with Crippen molar-refractivity contribution >= 4 is 23.1 Å². The highest BCUT2D eigenvalue weighted by molar-refractivity contribution is 6.02. The fourth-order valence-electron chi connectivity index (χ4n) is 7.72. The SMILES string of the molecule is COc1ccc(C2C3=C(CC(C)(C)CC3=O)Nc3ccccc3N2CC(=O)N2CCN(C(c3ccccc3)c3ccccc3)CC2)cc1. The van der Waals surface area contributed by atoms with Crippen LogP contribution in [0.1, 0.15) is 55.5 Å². The molecule has 48 heavy (non-hydrogen) atoms. The van der Waals surface area contributed by atoms with E-state index in [1.54, 1.807) is 7.11 Å². The van der Waals surface area contributed by atoms with Crippen LogP contribution in [-0.4, -0.2) is 61.3 Å². The number of fused-ring (bicyclic) bond motifs is 1. The van der Waals surface area contributed by atoms with Crippen LogP contribution >= 0.6 is 0 Å². The quantitative estimate of drug-likeness (QED) is 0.230. The number of hydrogen-bond acceptors (Lipinski definition) is 6. The van der Waals surface area contributed by atoms with Crippen LogP contribution in [0.15, 0.2) is 120 Å². The predicted octanol–water partition coefficient (Wildman–Crippen LogP) is 7.25. The van der Waals surface area contributed by atoms with Crippen LogP contribution in [0.3, 0.4) is 0 Å². The van der Waals surface area contributed by atoms with E-state index >= 15 is 0 Å². The highest BCUT2D eigenvalue weighted by atomic mass is 16.5. The highest BCUT2D eigenvalue weighted by Crippen LogP contribution is 2.48. The minimum absolute atomic E-state index is 0.0616. The van der Waals surface area contributed by atoms with Gasteiger partial charge in [0.05, 0.1) is 37.1 Å². The van der Waals surface area contributed by atoms with Gasteiger partial charge in [0.1, 0.15) is 5.75 Å². The highest BCUT2D eigenvalue weighted by Gasteiger charge is 2.42. The van der Waals surface area contributed by atoms with Crippen molar-refractivity contribution in [2.24, 2.45) is 5.41 Å². The van der Waals surface area contributed by atoms with E-state index in [1.165, 1.54) is 11.1 Å².